The number of benzene rings is 1. The van der Waals surface area contributed by atoms with Crippen molar-refractivity contribution in [3.63, 3.8) is 0 Å². The molecule has 0 amide bonds. The molecule has 3 heteroatoms. The summed E-state index contributed by atoms with van der Waals surface area (Å²) in [6.07, 6.45) is 0. The van der Waals surface area contributed by atoms with E-state index in [1.807, 2.05) is 24.3 Å². The van der Waals surface area contributed by atoms with Crippen LogP contribution in [0.5, 0.6) is 0 Å². The van der Waals surface area contributed by atoms with Crippen LogP contribution in [0.1, 0.15) is 13.8 Å². The molecule has 1 heterocycles. The van der Waals surface area contributed by atoms with Gasteiger partial charge >= 0.3 is 0 Å². The van der Waals surface area contributed by atoms with E-state index in [9.17, 15) is 4.79 Å². The third kappa shape index (κ3) is 1.60. The van der Waals surface area contributed by atoms with Crippen LogP contribution in [-0.2, 0) is 6.54 Å². The summed E-state index contributed by atoms with van der Waals surface area (Å²) in [5.41, 5.74) is 1.07. The van der Waals surface area contributed by atoms with E-state index in [4.69, 9.17) is 0 Å². The molecular formula is C11H13NOS. The first-order valence-corrected chi connectivity index (χ1v) is 5.54. The lowest BCUT2D eigenvalue weighted by atomic mass is 10.2. The van der Waals surface area contributed by atoms with Crippen LogP contribution in [0.15, 0.2) is 29.1 Å². The maximum absolute atomic E-state index is 11.6. The quantitative estimate of drug-likeness (QED) is 0.742. The zero-order valence-corrected chi connectivity index (χ0v) is 9.17. The molecule has 0 spiro atoms. The Hall–Kier alpha value is -1.09. The van der Waals surface area contributed by atoms with Crippen molar-refractivity contribution in [1.29, 1.82) is 0 Å². The molecule has 0 atom stereocenters. The number of fused-ring (bicyclic) bond motifs is 1. The Morgan fingerprint density at radius 1 is 1.36 bits per heavy atom. The average Bonchev–Trinajstić information content (AvgIpc) is 2.44. The van der Waals surface area contributed by atoms with E-state index in [-0.39, 0.29) is 4.74 Å². The SMILES string of the molecule is CC(C)Cn1sc(=O)c2ccccc21. The van der Waals surface area contributed by atoms with E-state index in [0.29, 0.717) is 5.92 Å². The zero-order chi connectivity index (χ0) is 10.1. The topological polar surface area (TPSA) is 22.0 Å². The van der Waals surface area contributed by atoms with Crippen LogP contribution in [-0.4, -0.2) is 3.96 Å². The average molecular weight is 207 g/mol. The molecule has 0 aliphatic carbocycles. The predicted molar refractivity (Wildman–Crippen MR) is 60.9 cm³/mol. The van der Waals surface area contributed by atoms with Crippen LogP contribution in [0.3, 0.4) is 0 Å². The lowest BCUT2D eigenvalue weighted by Gasteiger charge is -2.05. The molecule has 74 valence electrons. The van der Waals surface area contributed by atoms with Gasteiger partial charge in [-0.15, -0.1) is 0 Å². The van der Waals surface area contributed by atoms with E-state index in [1.54, 1.807) is 0 Å². The van der Waals surface area contributed by atoms with Gasteiger partial charge in [0, 0.05) is 6.54 Å². The standard InChI is InChI=1S/C11H13NOS/c1-8(2)7-12-10-6-4-3-5-9(10)11(13)14-12/h3-6,8H,7H2,1-2H3. The van der Waals surface area contributed by atoms with Gasteiger partial charge in [0.1, 0.15) is 0 Å². The van der Waals surface area contributed by atoms with Gasteiger partial charge in [-0.2, -0.15) is 0 Å². The maximum Gasteiger partial charge on any atom is 0.257 e. The van der Waals surface area contributed by atoms with Gasteiger partial charge in [-0.05, 0) is 29.6 Å². The van der Waals surface area contributed by atoms with Gasteiger partial charge in [-0.3, -0.25) is 8.75 Å². The van der Waals surface area contributed by atoms with Crippen LogP contribution in [0.2, 0.25) is 0 Å². The summed E-state index contributed by atoms with van der Waals surface area (Å²) in [5.74, 6) is 0.571. The Morgan fingerprint density at radius 3 is 2.79 bits per heavy atom. The molecule has 2 nitrogen and oxygen atoms in total. The van der Waals surface area contributed by atoms with Crippen LogP contribution in [0.25, 0.3) is 10.9 Å². The smallest absolute Gasteiger partial charge is 0.257 e. The summed E-state index contributed by atoms with van der Waals surface area (Å²) in [4.78, 5) is 11.6. The van der Waals surface area contributed by atoms with Gasteiger partial charge in [0.2, 0.25) is 0 Å². The van der Waals surface area contributed by atoms with E-state index < -0.39 is 0 Å². The Morgan fingerprint density at radius 2 is 2.07 bits per heavy atom. The second-order valence-electron chi connectivity index (χ2n) is 3.85. The highest BCUT2D eigenvalue weighted by Crippen LogP contribution is 2.15. The fourth-order valence-electron chi connectivity index (χ4n) is 1.53. The normalized spacial score (nSPS) is 11.4. The summed E-state index contributed by atoms with van der Waals surface area (Å²) < 4.78 is 2.25. The fraction of sp³-hybridized carbons (Fsp3) is 0.364. The highest BCUT2D eigenvalue weighted by Gasteiger charge is 2.06. The summed E-state index contributed by atoms with van der Waals surface area (Å²) in [5, 5.41) is 0.846. The minimum atomic E-state index is 0.168. The van der Waals surface area contributed by atoms with Crippen LogP contribution in [0, 0.1) is 5.92 Å². The Kier molecular flexibility index (Phi) is 2.42. The van der Waals surface area contributed by atoms with Crippen molar-refractivity contribution in [2.45, 2.75) is 20.4 Å². The minimum absolute atomic E-state index is 0.168. The second kappa shape index (κ2) is 3.58. The third-order valence-corrected chi connectivity index (χ3v) is 3.07. The van der Waals surface area contributed by atoms with Crippen molar-refractivity contribution in [3.05, 3.63) is 33.8 Å². The van der Waals surface area contributed by atoms with E-state index in [1.165, 1.54) is 11.5 Å². The van der Waals surface area contributed by atoms with Gasteiger partial charge in [0.25, 0.3) is 4.74 Å². The molecule has 0 fully saturated rings. The predicted octanol–water partition coefficient (Wildman–Crippen LogP) is 2.72. The van der Waals surface area contributed by atoms with Crippen molar-refractivity contribution in [2.24, 2.45) is 5.92 Å². The third-order valence-electron chi connectivity index (χ3n) is 2.12. The number of nitrogens with zero attached hydrogens (tertiary/aromatic N) is 1. The molecule has 0 N–H and O–H groups in total. The second-order valence-corrected chi connectivity index (χ2v) is 4.84. The van der Waals surface area contributed by atoms with Crippen LogP contribution in [0.4, 0.5) is 0 Å². The van der Waals surface area contributed by atoms with Gasteiger partial charge < -0.3 is 0 Å². The van der Waals surface area contributed by atoms with Gasteiger partial charge in [-0.25, -0.2) is 0 Å². The number of hydrogen-bond acceptors (Lipinski definition) is 2. The van der Waals surface area contributed by atoms with Crippen molar-refractivity contribution in [1.82, 2.24) is 3.96 Å². The molecule has 2 aromatic rings. The first kappa shape index (κ1) is 9.46. The van der Waals surface area contributed by atoms with Gasteiger partial charge in [0.15, 0.2) is 0 Å². The first-order valence-electron chi connectivity index (χ1n) is 4.77. The monoisotopic (exact) mass is 207 g/mol. The highest BCUT2D eigenvalue weighted by atomic mass is 32.1. The summed E-state index contributed by atoms with van der Waals surface area (Å²) in [7, 11) is 0. The van der Waals surface area contributed by atoms with Gasteiger partial charge in [0.05, 0.1) is 10.9 Å². The number of para-hydroxylation sites is 1. The van der Waals surface area contributed by atoms with Crippen LogP contribution < -0.4 is 4.74 Å². The number of hydrogen-bond donors (Lipinski definition) is 0. The molecule has 0 unspecified atom stereocenters. The molecule has 0 saturated heterocycles. The number of aromatic nitrogens is 1. The van der Waals surface area contributed by atoms with Crippen molar-refractivity contribution in [2.75, 3.05) is 0 Å². The Labute approximate surface area is 86.9 Å². The molecule has 0 saturated carbocycles. The lowest BCUT2D eigenvalue weighted by molar-refractivity contribution is 0.559. The largest absolute Gasteiger partial charge is 0.294 e. The van der Waals surface area contributed by atoms with Crippen molar-refractivity contribution >= 4 is 22.4 Å². The van der Waals surface area contributed by atoms with Crippen molar-refractivity contribution < 1.29 is 0 Å². The summed E-state index contributed by atoms with van der Waals surface area (Å²) >= 11 is 1.32. The highest BCUT2D eigenvalue weighted by molar-refractivity contribution is 7.05. The lowest BCUT2D eigenvalue weighted by Crippen LogP contribution is -2.00. The molecule has 0 aliphatic rings. The molecule has 0 radical (unpaired) electrons. The number of rotatable bonds is 2. The fourth-order valence-corrected chi connectivity index (χ4v) is 2.63. The summed E-state index contributed by atoms with van der Waals surface area (Å²) in [6, 6.07) is 7.79. The van der Waals surface area contributed by atoms with E-state index >= 15 is 0 Å². The maximum atomic E-state index is 11.6. The Bertz CT molecular complexity index is 495. The molecule has 1 aromatic carbocycles. The van der Waals surface area contributed by atoms with Crippen molar-refractivity contribution in [3.8, 4) is 0 Å². The Balaban J connectivity index is 2.61. The molecule has 2 rings (SSSR count). The van der Waals surface area contributed by atoms with Gasteiger partial charge in [-0.1, -0.05) is 26.0 Å². The molecule has 0 bridgehead atoms. The molecule has 14 heavy (non-hydrogen) atoms. The molecular weight excluding hydrogens is 194 g/mol. The minimum Gasteiger partial charge on any atom is -0.294 e. The first-order chi connectivity index (χ1) is 6.68. The van der Waals surface area contributed by atoms with E-state index in [2.05, 4.69) is 17.8 Å². The molecule has 0 aliphatic heterocycles. The molecule has 1 aromatic heterocycles. The van der Waals surface area contributed by atoms with Crippen LogP contribution >= 0.6 is 11.5 Å². The summed E-state index contributed by atoms with van der Waals surface area (Å²) in [6.45, 7) is 5.24. The zero-order valence-electron chi connectivity index (χ0n) is 8.36. The van der Waals surface area contributed by atoms with E-state index in [0.717, 1.165) is 17.4 Å².